The second-order valence-corrected chi connectivity index (χ2v) is 4.03. The van der Waals surface area contributed by atoms with Crippen LogP contribution in [0.4, 0.5) is 0 Å². The summed E-state index contributed by atoms with van der Waals surface area (Å²) >= 11 is 3.07. The summed E-state index contributed by atoms with van der Waals surface area (Å²) < 4.78 is 0.354. The summed E-state index contributed by atoms with van der Waals surface area (Å²) in [6.45, 7) is 4.16. The van der Waals surface area contributed by atoms with E-state index < -0.39 is 0 Å². The van der Waals surface area contributed by atoms with Crippen molar-refractivity contribution in [2.75, 3.05) is 19.6 Å². The van der Waals surface area contributed by atoms with Crippen molar-refractivity contribution in [1.82, 2.24) is 15.6 Å². The first-order chi connectivity index (χ1) is 7.65. The molecule has 0 bridgehead atoms. The van der Waals surface area contributed by atoms with Crippen LogP contribution in [-0.2, 0) is 0 Å². The van der Waals surface area contributed by atoms with Crippen molar-refractivity contribution in [3.63, 3.8) is 0 Å². The molecule has 0 spiro atoms. The summed E-state index contributed by atoms with van der Waals surface area (Å²) in [6, 6.07) is 1.50. The van der Waals surface area contributed by atoms with Crippen LogP contribution in [0.5, 0.6) is 0 Å². The van der Waals surface area contributed by atoms with Gasteiger partial charge >= 0.3 is 0 Å². The van der Waals surface area contributed by atoms with Gasteiger partial charge in [-0.25, -0.2) is 0 Å². The van der Waals surface area contributed by atoms with E-state index in [0.29, 0.717) is 16.6 Å². The van der Waals surface area contributed by atoms with Gasteiger partial charge in [0.1, 0.15) is 0 Å². The van der Waals surface area contributed by atoms with Crippen LogP contribution in [0, 0.1) is 0 Å². The number of hydrogen-bond acceptors (Lipinski definition) is 3. The molecule has 0 fully saturated rings. The van der Waals surface area contributed by atoms with Crippen LogP contribution < -0.4 is 16.2 Å². The highest BCUT2D eigenvalue weighted by molar-refractivity contribution is 9.10. The number of carbonyl (C=O) groups excluding carboxylic acids is 1. The van der Waals surface area contributed by atoms with E-state index in [0.717, 1.165) is 13.1 Å². The van der Waals surface area contributed by atoms with Gasteiger partial charge in [-0.1, -0.05) is 6.92 Å². The first-order valence-corrected chi connectivity index (χ1v) is 5.81. The Morgan fingerprint density at radius 1 is 1.50 bits per heavy atom. The van der Waals surface area contributed by atoms with E-state index in [1.807, 2.05) is 6.92 Å². The molecule has 0 aliphatic rings. The number of aromatic nitrogens is 1. The van der Waals surface area contributed by atoms with Gasteiger partial charge in [0, 0.05) is 19.3 Å². The van der Waals surface area contributed by atoms with Crippen molar-refractivity contribution in [3.05, 3.63) is 32.7 Å². The quantitative estimate of drug-likeness (QED) is 0.690. The third-order valence-corrected chi connectivity index (χ3v) is 2.55. The standard InChI is InChI=1S/C10H14BrN3O2/c1-2-12-3-4-13-9(15)7-5-8(11)10(16)14-6-7/h5-6,12H,2-4H2,1H3,(H,13,15)(H,14,16). The molecule has 3 N–H and O–H groups in total. The van der Waals surface area contributed by atoms with E-state index in [-0.39, 0.29) is 11.5 Å². The summed E-state index contributed by atoms with van der Waals surface area (Å²) in [5.41, 5.74) is 0.187. The van der Waals surface area contributed by atoms with Crippen LogP contribution in [0.3, 0.4) is 0 Å². The maximum absolute atomic E-state index is 11.6. The van der Waals surface area contributed by atoms with Crippen LogP contribution in [0.2, 0.25) is 0 Å². The molecule has 0 aromatic carbocycles. The molecule has 1 heterocycles. The van der Waals surface area contributed by atoms with Crippen LogP contribution in [-0.4, -0.2) is 30.5 Å². The molecule has 0 saturated heterocycles. The number of carbonyl (C=O) groups is 1. The summed E-state index contributed by atoms with van der Waals surface area (Å²) in [5.74, 6) is -0.199. The molecule has 16 heavy (non-hydrogen) atoms. The van der Waals surface area contributed by atoms with Crippen LogP contribution in [0.15, 0.2) is 21.5 Å². The van der Waals surface area contributed by atoms with E-state index in [9.17, 15) is 9.59 Å². The molecular formula is C10H14BrN3O2. The SMILES string of the molecule is CCNCCNC(=O)c1c[nH]c(=O)c(Br)c1. The maximum Gasteiger partial charge on any atom is 0.262 e. The van der Waals surface area contributed by atoms with Gasteiger partial charge in [-0.3, -0.25) is 9.59 Å². The van der Waals surface area contributed by atoms with Crippen molar-refractivity contribution < 1.29 is 4.79 Å². The van der Waals surface area contributed by atoms with E-state index in [1.54, 1.807) is 0 Å². The van der Waals surface area contributed by atoms with E-state index >= 15 is 0 Å². The smallest absolute Gasteiger partial charge is 0.262 e. The Bertz CT molecular complexity index is 417. The third kappa shape index (κ3) is 3.79. The average molecular weight is 288 g/mol. The number of amides is 1. The molecule has 0 aliphatic heterocycles. The molecule has 0 radical (unpaired) electrons. The van der Waals surface area contributed by atoms with Gasteiger partial charge in [-0.2, -0.15) is 0 Å². The Hall–Kier alpha value is -1.14. The zero-order chi connectivity index (χ0) is 12.0. The minimum absolute atomic E-state index is 0.199. The lowest BCUT2D eigenvalue weighted by molar-refractivity contribution is 0.0953. The Morgan fingerprint density at radius 3 is 2.88 bits per heavy atom. The van der Waals surface area contributed by atoms with Gasteiger partial charge in [0.05, 0.1) is 10.0 Å². The number of halogens is 1. The molecule has 0 aliphatic carbocycles. The Balaban J connectivity index is 2.53. The molecule has 6 heteroatoms. The molecule has 1 rings (SSSR count). The van der Waals surface area contributed by atoms with Crippen LogP contribution >= 0.6 is 15.9 Å². The number of likely N-dealkylation sites (N-methyl/N-ethyl adjacent to an activating group) is 1. The summed E-state index contributed by atoms with van der Waals surface area (Å²) in [7, 11) is 0. The van der Waals surface area contributed by atoms with Gasteiger partial charge < -0.3 is 15.6 Å². The van der Waals surface area contributed by atoms with Gasteiger partial charge in [0.2, 0.25) is 0 Å². The van der Waals surface area contributed by atoms with E-state index in [4.69, 9.17) is 0 Å². The molecule has 88 valence electrons. The molecule has 0 saturated carbocycles. The van der Waals surface area contributed by atoms with E-state index in [1.165, 1.54) is 12.3 Å². The Morgan fingerprint density at radius 2 is 2.25 bits per heavy atom. The normalized spacial score (nSPS) is 10.1. The maximum atomic E-state index is 11.6. The summed E-state index contributed by atoms with van der Waals surface area (Å²) in [5, 5.41) is 5.83. The third-order valence-electron chi connectivity index (χ3n) is 1.96. The topological polar surface area (TPSA) is 74.0 Å². The number of H-pyrrole nitrogens is 1. The summed E-state index contributed by atoms with van der Waals surface area (Å²) in [4.78, 5) is 25.1. The molecular weight excluding hydrogens is 274 g/mol. The second-order valence-electron chi connectivity index (χ2n) is 3.17. The summed E-state index contributed by atoms with van der Waals surface area (Å²) in [6.07, 6.45) is 1.40. The van der Waals surface area contributed by atoms with E-state index in [2.05, 4.69) is 31.5 Å². The highest BCUT2D eigenvalue weighted by Gasteiger charge is 2.06. The van der Waals surface area contributed by atoms with Crippen LogP contribution in [0.25, 0.3) is 0 Å². The average Bonchev–Trinajstić information content (AvgIpc) is 2.28. The Kier molecular flexibility index (Phi) is 5.21. The lowest BCUT2D eigenvalue weighted by Crippen LogP contribution is -2.32. The van der Waals surface area contributed by atoms with Crippen molar-refractivity contribution in [1.29, 1.82) is 0 Å². The number of hydrogen-bond donors (Lipinski definition) is 3. The van der Waals surface area contributed by atoms with Gasteiger partial charge in [-0.05, 0) is 28.5 Å². The highest BCUT2D eigenvalue weighted by atomic mass is 79.9. The number of nitrogens with one attached hydrogen (secondary N) is 3. The van der Waals surface area contributed by atoms with Crippen molar-refractivity contribution in [2.24, 2.45) is 0 Å². The van der Waals surface area contributed by atoms with Gasteiger partial charge in [-0.15, -0.1) is 0 Å². The minimum Gasteiger partial charge on any atom is -0.351 e. The molecule has 1 aromatic heterocycles. The van der Waals surface area contributed by atoms with Crippen molar-refractivity contribution in [3.8, 4) is 0 Å². The first kappa shape index (κ1) is 12.9. The predicted molar refractivity (Wildman–Crippen MR) is 65.6 cm³/mol. The lowest BCUT2D eigenvalue weighted by Gasteiger charge is -2.05. The second kappa shape index (κ2) is 6.44. The Labute approximate surface area is 102 Å². The highest BCUT2D eigenvalue weighted by Crippen LogP contribution is 2.04. The molecule has 0 unspecified atom stereocenters. The first-order valence-electron chi connectivity index (χ1n) is 5.02. The number of rotatable bonds is 5. The zero-order valence-electron chi connectivity index (χ0n) is 8.97. The van der Waals surface area contributed by atoms with Gasteiger partial charge in [0.15, 0.2) is 0 Å². The molecule has 1 aromatic rings. The minimum atomic E-state index is -0.246. The van der Waals surface area contributed by atoms with Crippen LogP contribution in [0.1, 0.15) is 17.3 Å². The molecule has 0 atom stereocenters. The fraction of sp³-hybridized carbons (Fsp3) is 0.400. The zero-order valence-corrected chi connectivity index (χ0v) is 10.6. The monoisotopic (exact) mass is 287 g/mol. The fourth-order valence-electron chi connectivity index (χ4n) is 1.13. The fourth-order valence-corrected chi connectivity index (χ4v) is 1.49. The number of pyridine rings is 1. The van der Waals surface area contributed by atoms with Gasteiger partial charge in [0.25, 0.3) is 11.5 Å². The van der Waals surface area contributed by atoms with Crippen molar-refractivity contribution in [2.45, 2.75) is 6.92 Å². The largest absolute Gasteiger partial charge is 0.351 e. The molecule has 5 nitrogen and oxygen atoms in total. The predicted octanol–water partition coefficient (Wildman–Crippen LogP) is 0.477. The number of aromatic amines is 1. The van der Waals surface area contributed by atoms with Crippen molar-refractivity contribution >= 4 is 21.8 Å². The molecule has 1 amide bonds. The lowest BCUT2D eigenvalue weighted by atomic mass is 10.2.